The molecule has 4 nitrogen and oxygen atoms in total. The minimum absolute atomic E-state index is 0.110. The fourth-order valence-electron chi connectivity index (χ4n) is 2.00. The van der Waals surface area contributed by atoms with E-state index < -0.39 is 6.10 Å². The molecule has 1 N–H and O–H groups in total. The van der Waals surface area contributed by atoms with Crippen LogP contribution in [0.1, 0.15) is 16.9 Å². The summed E-state index contributed by atoms with van der Waals surface area (Å²) >= 11 is 8.77. The van der Waals surface area contributed by atoms with Gasteiger partial charge in [0.05, 0.1) is 15.3 Å². The molecule has 2 aromatic heterocycles. The number of thiazole rings is 1. The molecule has 0 bridgehead atoms. The fourth-order valence-corrected chi connectivity index (χ4v) is 3.91. The van der Waals surface area contributed by atoms with E-state index in [1.807, 2.05) is 12.1 Å². The lowest BCUT2D eigenvalue weighted by Crippen LogP contribution is -2.29. The molecule has 0 aromatic carbocycles. The third kappa shape index (κ3) is 2.67. The smallest absolute Gasteiger partial charge is 0.273 e. The SMILES string of the molecule is O=C(c1csc(-c2ccc(Cl)s2)n1)N1CC[C@@H](O)C1. The number of aliphatic hydroxyl groups is 1. The van der Waals surface area contributed by atoms with Crippen LogP contribution in [0.25, 0.3) is 9.88 Å². The first-order chi connectivity index (χ1) is 9.13. The third-order valence-corrected chi connectivity index (χ3v) is 5.20. The normalized spacial score (nSPS) is 19.1. The Bertz CT molecular complexity index is 610. The van der Waals surface area contributed by atoms with Crippen LogP contribution in [0.4, 0.5) is 0 Å². The average Bonchev–Trinajstić information content (AvgIpc) is 3.07. The van der Waals surface area contributed by atoms with E-state index in [4.69, 9.17) is 11.6 Å². The van der Waals surface area contributed by atoms with E-state index in [9.17, 15) is 9.90 Å². The highest BCUT2D eigenvalue weighted by molar-refractivity contribution is 7.23. The summed E-state index contributed by atoms with van der Waals surface area (Å²) in [4.78, 5) is 19.2. The van der Waals surface area contributed by atoms with Crippen molar-refractivity contribution in [2.45, 2.75) is 12.5 Å². The molecule has 0 radical (unpaired) electrons. The first-order valence-corrected chi connectivity index (χ1v) is 7.89. The van der Waals surface area contributed by atoms with Gasteiger partial charge < -0.3 is 10.0 Å². The standard InChI is InChI=1S/C12H11ClN2O2S2/c13-10-2-1-9(19-10)11-14-8(6-18-11)12(17)15-4-3-7(16)5-15/h1-2,6-7,16H,3-5H2/t7-/m1/s1. The van der Waals surface area contributed by atoms with Crippen LogP contribution in [0.3, 0.4) is 0 Å². The number of β-amino-alcohol motifs (C(OH)–C–C–N with tert-alkyl or cyclic N) is 1. The molecule has 3 rings (SSSR count). The Morgan fingerprint density at radius 2 is 2.37 bits per heavy atom. The number of carbonyl (C=O) groups excluding carboxylic acids is 1. The largest absolute Gasteiger partial charge is 0.391 e. The number of hydrogen-bond donors (Lipinski definition) is 1. The number of hydrogen-bond acceptors (Lipinski definition) is 5. The second-order valence-corrected chi connectivity index (χ2v) is 6.91. The molecule has 2 aromatic rings. The highest BCUT2D eigenvalue weighted by Crippen LogP contribution is 2.33. The van der Waals surface area contributed by atoms with Crippen molar-refractivity contribution in [3.05, 3.63) is 27.5 Å². The zero-order valence-electron chi connectivity index (χ0n) is 9.88. The Labute approximate surface area is 123 Å². The highest BCUT2D eigenvalue weighted by atomic mass is 35.5. The molecular weight excluding hydrogens is 304 g/mol. The number of rotatable bonds is 2. The van der Waals surface area contributed by atoms with Gasteiger partial charge in [0, 0.05) is 18.5 Å². The summed E-state index contributed by atoms with van der Waals surface area (Å²) < 4.78 is 0.709. The Morgan fingerprint density at radius 1 is 1.53 bits per heavy atom. The van der Waals surface area contributed by atoms with E-state index >= 15 is 0 Å². The molecule has 0 saturated carbocycles. The molecule has 1 amide bonds. The Morgan fingerprint density at radius 3 is 3.00 bits per heavy atom. The molecule has 0 spiro atoms. The predicted octanol–water partition coefficient (Wildman–Crippen LogP) is 2.73. The molecule has 1 atom stereocenters. The van der Waals surface area contributed by atoms with E-state index in [2.05, 4.69) is 4.98 Å². The van der Waals surface area contributed by atoms with Gasteiger partial charge in [0.25, 0.3) is 5.91 Å². The maximum atomic E-state index is 12.2. The van der Waals surface area contributed by atoms with Gasteiger partial charge >= 0.3 is 0 Å². The fraction of sp³-hybridized carbons (Fsp3) is 0.333. The summed E-state index contributed by atoms with van der Waals surface area (Å²) in [6, 6.07) is 3.72. The first-order valence-electron chi connectivity index (χ1n) is 5.82. The van der Waals surface area contributed by atoms with Crippen molar-refractivity contribution in [3.8, 4) is 9.88 Å². The third-order valence-electron chi connectivity index (χ3n) is 2.96. The summed E-state index contributed by atoms with van der Waals surface area (Å²) in [5.41, 5.74) is 0.443. The van der Waals surface area contributed by atoms with Crippen molar-refractivity contribution >= 4 is 40.2 Å². The summed E-state index contributed by atoms with van der Waals surface area (Å²) in [5.74, 6) is -0.110. The maximum absolute atomic E-state index is 12.2. The molecule has 0 unspecified atom stereocenters. The zero-order valence-corrected chi connectivity index (χ0v) is 12.3. The van der Waals surface area contributed by atoms with Crippen LogP contribution in [0.15, 0.2) is 17.5 Å². The lowest BCUT2D eigenvalue weighted by atomic mass is 10.3. The number of likely N-dealkylation sites (tertiary alicyclic amines) is 1. The van der Waals surface area contributed by atoms with Crippen molar-refractivity contribution in [1.29, 1.82) is 0 Å². The number of nitrogens with zero attached hydrogens (tertiary/aromatic N) is 2. The van der Waals surface area contributed by atoms with Crippen molar-refractivity contribution in [1.82, 2.24) is 9.88 Å². The van der Waals surface area contributed by atoms with Crippen LogP contribution in [-0.2, 0) is 0 Å². The van der Waals surface area contributed by atoms with Crippen molar-refractivity contribution < 1.29 is 9.90 Å². The summed E-state index contributed by atoms with van der Waals surface area (Å²) in [5, 5.41) is 12.0. The second-order valence-electron chi connectivity index (χ2n) is 4.34. The van der Waals surface area contributed by atoms with Gasteiger partial charge in [-0.15, -0.1) is 22.7 Å². The highest BCUT2D eigenvalue weighted by Gasteiger charge is 2.27. The van der Waals surface area contributed by atoms with Crippen LogP contribution >= 0.6 is 34.3 Å². The van der Waals surface area contributed by atoms with E-state index in [0.717, 1.165) is 9.88 Å². The minimum atomic E-state index is -0.404. The number of aliphatic hydroxyl groups excluding tert-OH is 1. The molecule has 1 aliphatic heterocycles. The number of aromatic nitrogens is 1. The van der Waals surface area contributed by atoms with Gasteiger partial charge in [0.2, 0.25) is 0 Å². The number of halogens is 1. The van der Waals surface area contributed by atoms with Crippen LogP contribution in [0.2, 0.25) is 4.34 Å². The lowest BCUT2D eigenvalue weighted by molar-refractivity contribution is 0.0760. The van der Waals surface area contributed by atoms with Gasteiger partial charge in [0.15, 0.2) is 0 Å². The minimum Gasteiger partial charge on any atom is -0.391 e. The summed E-state index contributed by atoms with van der Waals surface area (Å²) in [6.45, 7) is 0.994. The second kappa shape index (κ2) is 5.20. The molecule has 3 heterocycles. The lowest BCUT2D eigenvalue weighted by Gasteiger charge is -2.13. The van der Waals surface area contributed by atoms with Crippen LogP contribution in [0.5, 0.6) is 0 Å². The Hall–Kier alpha value is -0.950. The average molecular weight is 315 g/mol. The number of amides is 1. The molecule has 19 heavy (non-hydrogen) atoms. The van der Waals surface area contributed by atoms with Crippen LogP contribution in [-0.4, -0.2) is 40.1 Å². The molecule has 0 aliphatic carbocycles. The predicted molar refractivity (Wildman–Crippen MR) is 77.0 cm³/mol. The molecule has 1 fully saturated rings. The van der Waals surface area contributed by atoms with Crippen molar-refractivity contribution in [2.75, 3.05) is 13.1 Å². The van der Waals surface area contributed by atoms with Gasteiger partial charge in [-0.1, -0.05) is 11.6 Å². The molecule has 100 valence electrons. The van der Waals surface area contributed by atoms with Gasteiger partial charge in [-0.25, -0.2) is 4.98 Å². The Kier molecular flexibility index (Phi) is 3.58. The van der Waals surface area contributed by atoms with E-state index in [0.29, 0.717) is 29.5 Å². The van der Waals surface area contributed by atoms with Gasteiger partial charge in [-0.2, -0.15) is 0 Å². The van der Waals surface area contributed by atoms with Crippen LogP contribution < -0.4 is 0 Å². The van der Waals surface area contributed by atoms with Gasteiger partial charge in [0.1, 0.15) is 10.7 Å². The first kappa shape index (κ1) is 13.1. The van der Waals surface area contributed by atoms with Crippen molar-refractivity contribution in [3.63, 3.8) is 0 Å². The molecular formula is C12H11ClN2O2S2. The van der Waals surface area contributed by atoms with E-state index in [-0.39, 0.29) is 5.91 Å². The molecule has 7 heteroatoms. The monoisotopic (exact) mass is 314 g/mol. The van der Waals surface area contributed by atoms with Crippen LogP contribution in [0, 0.1) is 0 Å². The van der Waals surface area contributed by atoms with Crippen molar-refractivity contribution in [2.24, 2.45) is 0 Å². The molecule has 1 saturated heterocycles. The number of thiophene rings is 1. The maximum Gasteiger partial charge on any atom is 0.273 e. The summed E-state index contributed by atoms with van der Waals surface area (Å²) in [7, 11) is 0. The van der Waals surface area contributed by atoms with Gasteiger partial charge in [-0.05, 0) is 18.6 Å². The van der Waals surface area contributed by atoms with Gasteiger partial charge in [-0.3, -0.25) is 4.79 Å². The van der Waals surface area contributed by atoms with E-state index in [1.54, 1.807) is 10.3 Å². The Balaban J connectivity index is 1.79. The quantitative estimate of drug-likeness (QED) is 0.927. The molecule has 1 aliphatic rings. The van der Waals surface area contributed by atoms with E-state index in [1.165, 1.54) is 22.7 Å². The topological polar surface area (TPSA) is 53.4 Å². The number of carbonyl (C=O) groups is 1. The zero-order chi connectivity index (χ0) is 13.4. The summed E-state index contributed by atoms with van der Waals surface area (Å²) in [6.07, 6.45) is 0.238.